The highest BCUT2D eigenvalue weighted by Gasteiger charge is 2.63. The fourth-order valence-electron chi connectivity index (χ4n) is 10.5. The number of hydrogen-bond donors (Lipinski definition) is 2. The van der Waals surface area contributed by atoms with Crippen molar-refractivity contribution in [1.82, 2.24) is 0 Å². The molecule has 4 aliphatic rings. The molecule has 0 bridgehead atoms. The largest absolute Gasteiger partial charge is 0.481 e. The average molecular weight is 637 g/mol. The summed E-state index contributed by atoms with van der Waals surface area (Å²) in [6.07, 6.45) is 13.2. The van der Waals surface area contributed by atoms with Gasteiger partial charge in [0.25, 0.3) is 0 Å². The molecule has 2 saturated carbocycles. The van der Waals surface area contributed by atoms with Gasteiger partial charge in [-0.05, 0) is 106 Å². The molecule has 0 aliphatic heterocycles. The summed E-state index contributed by atoms with van der Waals surface area (Å²) < 4.78 is 6.19. The van der Waals surface area contributed by atoms with E-state index in [-0.39, 0.29) is 34.7 Å². The van der Waals surface area contributed by atoms with E-state index in [0.717, 1.165) is 31.6 Å². The van der Waals surface area contributed by atoms with Gasteiger partial charge in [-0.3, -0.25) is 9.59 Å². The molecule has 246 valence electrons. The average Bonchev–Trinajstić information content (AvgIpc) is 3.18. The number of rotatable bonds is 13. The highest BCUT2D eigenvalue weighted by Crippen LogP contribution is 2.72. The van der Waals surface area contributed by atoms with E-state index < -0.39 is 11.6 Å². The standard InChI is InChI=1S/C36H60O5S2/c1-24(10-9-18-32(2,3)40)25-13-20-36(8)27-11-12-28-33(4,5)29(41-31(39)17-23-43-42-22-16-30(37)38)15-19-34(28,6)26(27)14-21-35(25,36)7/h24-25,28-29,40H,9-23H2,1-8H3,(H,37,38)/t24-,25-,28+,29+,34-,35-,36+/m1/s1. The van der Waals surface area contributed by atoms with Crippen molar-refractivity contribution in [3.05, 3.63) is 11.1 Å². The number of hydrogen-bond acceptors (Lipinski definition) is 6. The first kappa shape index (κ1) is 35.2. The predicted octanol–water partition coefficient (Wildman–Crippen LogP) is 9.47. The lowest BCUT2D eigenvalue weighted by atomic mass is 9.43. The molecule has 0 saturated heterocycles. The Hall–Kier alpha value is -0.660. The van der Waals surface area contributed by atoms with Crippen LogP contribution in [0.15, 0.2) is 11.1 Å². The summed E-state index contributed by atoms with van der Waals surface area (Å²) in [7, 11) is 3.08. The number of carboxylic acids is 1. The number of esters is 1. The van der Waals surface area contributed by atoms with Crippen LogP contribution < -0.4 is 0 Å². The molecule has 7 atom stereocenters. The van der Waals surface area contributed by atoms with Crippen molar-refractivity contribution >= 4 is 33.5 Å². The molecule has 0 aromatic rings. The Labute approximate surface area is 269 Å². The van der Waals surface area contributed by atoms with Crippen LogP contribution in [-0.4, -0.2) is 45.4 Å². The normalized spacial score (nSPS) is 36.0. The number of allylic oxidation sites excluding steroid dienone is 2. The van der Waals surface area contributed by atoms with Crippen LogP contribution in [0.5, 0.6) is 0 Å². The summed E-state index contributed by atoms with van der Waals surface area (Å²) in [5, 5.41) is 19.0. The highest BCUT2D eigenvalue weighted by atomic mass is 33.1. The third-order valence-electron chi connectivity index (χ3n) is 13.0. The summed E-state index contributed by atoms with van der Waals surface area (Å²) in [5.74, 6) is 2.27. The van der Waals surface area contributed by atoms with Crippen molar-refractivity contribution in [3.8, 4) is 0 Å². The van der Waals surface area contributed by atoms with Gasteiger partial charge in [-0.2, -0.15) is 0 Å². The minimum Gasteiger partial charge on any atom is -0.481 e. The van der Waals surface area contributed by atoms with Gasteiger partial charge in [0.15, 0.2) is 0 Å². The summed E-state index contributed by atoms with van der Waals surface area (Å²) >= 11 is 0. The summed E-state index contributed by atoms with van der Waals surface area (Å²) in [6, 6.07) is 0. The number of carboxylic acid groups (broad SMARTS) is 1. The third kappa shape index (κ3) is 7.04. The molecule has 5 nitrogen and oxygen atoms in total. The number of aliphatic hydroxyl groups is 1. The molecule has 0 radical (unpaired) electrons. The van der Waals surface area contributed by atoms with E-state index in [2.05, 4.69) is 41.5 Å². The molecular weight excluding hydrogens is 577 g/mol. The Morgan fingerprint density at radius 2 is 1.63 bits per heavy atom. The zero-order chi connectivity index (χ0) is 31.8. The second-order valence-corrected chi connectivity index (χ2v) is 19.1. The van der Waals surface area contributed by atoms with Gasteiger partial charge in [-0.25, -0.2) is 0 Å². The van der Waals surface area contributed by atoms with Gasteiger partial charge in [0.1, 0.15) is 6.10 Å². The minimum absolute atomic E-state index is 0.0464. The maximum absolute atomic E-state index is 12.9. The van der Waals surface area contributed by atoms with E-state index in [1.54, 1.807) is 21.9 Å². The zero-order valence-electron chi connectivity index (χ0n) is 28.4. The van der Waals surface area contributed by atoms with Gasteiger partial charge in [0.2, 0.25) is 0 Å². The topological polar surface area (TPSA) is 83.8 Å². The number of ether oxygens (including phenoxy) is 1. The first-order valence-corrected chi connectivity index (χ1v) is 19.6. The van der Waals surface area contributed by atoms with Gasteiger partial charge in [0, 0.05) is 16.9 Å². The molecule has 0 aromatic heterocycles. The molecule has 0 spiro atoms. The molecule has 2 fully saturated rings. The van der Waals surface area contributed by atoms with Crippen LogP contribution in [0.3, 0.4) is 0 Å². The van der Waals surface area contributed by atoms with Crippen molar-refractivity contribution in [1.29, 1.82) is 0 Å². The van der Waals surface area contributed by atoms with E-state index in [1.807, 2.05) is 13.8 Å². The first-order valence-electron chi connectivity index (χ1n) is 17.1. The predicted molar refractivity (Wildman–Crippen MR) is 180 cm³/mol. The Kier molecular flexibility index (Phi) is 10.8. The minimum atomic E-state index is -0.780. The maximum Gasteiger partial charge on any atom is 0.306 e. The fourth-order valence-corrected chi connectivity index (χ4v) is 12.4. The Morgan fingerprint density at radius 3 is 2.28 bits per heavy atom. The number of aliphatic carboxylic acids is 1. The van der Waals surface area contributed by atoms with Gasteiger partial charge >= 0.3 is 11.9 Å². The number of carbonyl (C=O) groups is 2. The lowest BCUT2D eigenvalue weighted by Crippen LogP contribution is -2.55. The molecular formula is C36H60O5S2. The molecule has 0 aromatic carbocycles. The molecule has 0 amide bonds. The molecule has 43 heavy (non-hydrogen) atoms. The number of fused-ring (bicyclic) bond motifs is 4. The molecule has 4 rings (SSSR count). The Bertz CT molecular complexity index is 1060. The van der Waals surface area contributed by atoms with Crippen LogP contribution in [0.2, 0.25) is 0 Å². The molecule has 7 heteroatoms. The van der Waals surface area contributed by atoms with Crippen LogP contribution in [0.25, 0.3) is 0 Å². The van der Waals surface area contributed by atoms with Gasteiger partial charge in [-0.15, -0.1) is 0 Å². The van der Waals surface area contributed by atoms with Crippen molar-refractivity contribution in [2.24, 2.45) is 39.4 Å². The summed E-state index contributed by atoms with van der Waals surface area (Å²) in [5.41, 5.74) is 3.73. The second-order valence-electron chi connectivity index (χ2n) is 16.4. The Morgan fingerprint density at radius 1 is 0.953 bits per heavy atom. The van der Waals surface area contributed by atoms with E-state index in [4.69, 9.17) is 9.84 Å². The van der Waals surface area contributed by atoms with Crippen LogP contribution in [0, 0.1) is 39.4 Å². The molecule has 2 N–H and O–H groups in total. The van der Waals surface area contributed by atoms with Crippen molar-refractivity contribution < 1.29 is 24.5 Å². The number of carbonyl (C=O) groups excluding carboxylic acids is 1. The van der Waals surface area contributed by atoms with E-state index in [9.17, 15) is 14.7 Å². The van der Waals surface area contributed by atoms with Crippen molar-refractivity contribution in [2.75, 3.05) is 11.5 Å². The lowest BCUT2D eigenvalue weighted by Gasteiger charge is -2.62. The zero-order valence-corrected chi connectivity index (χ0v) is 30.0. The fraction of sp³-hybridized carbons (Fsp3) is 0.889. The smallest absolute Gasteiger partial charge is 0.306 e. The van der Waals surface area contributed by atoms with E-state index in [1.165, 1.54) is 55.7 Å². The van der Waals surface area contributed by atoms with Crippen LogP contribution in [-0.2, 0) is 14.3 Å². The highest BCUT2D eigenvalue weighted by molar-refractivity contribution is 8.76. The van der Waals surface area contributed by atoms with Crippen LogP contribution in [0.1, 0.15) is 139 Å². The molecule has 4 aliphatic carbocycles. The van der Waals surface area contributed by atoms with Gasteiger partial charge in [-0.1, -0.05) is 87.1 Å². The second kappa shape index (κ2) is 13.2. The Balaban J connectivity index is 1.42. The SMILES string of the molecule is C[C@H](CCCC(C)(C)O)[C@H]1CC[C@@]2(C)C3=C(CC[C@]12C)[C@@]1(C)CC[C@H](OC(=O)CCSSCCC(=O)O)C(C)(C)[C@@H]1CC3. The monoisotopic (exact) mass is 636 g/mol. The quantitative estimate of drug-likeness (QED) is 0.0901. The molecule has 0 heterocycles. The summed E-state index contributed by atoms with van der Waals surface area (Å²) in [4.78, 5) is 23.5. The van der Waals surface area contributed by atoms with Crippen molar-refractivity contribution in [2.45, 2.75) is 151 Å². The lowest BCUT2D eigenvalue weighted by molar-refractivity contribution is -0.169. The van der Waals surface area contributed by atoms with E-state index >= 15 is 0 Å². The van der Waals surface area contributed by atoms with Gasteiger partial charge in [0.05, 0.1) is 18.4 Å². The molecule has 0 unspecified atom stereocenters. The third-order valence-corrected chi connectivity index (χ3v) is 15.4. The van der Waals surface area contributed by atoms with Gasteiger partial charge < -0.3 is 14.9 Å². The van der Waals surface area contributed by atoms with Crippen molar-refractivity contribution in [3.63, 3.8) is 0 Å². The van der Waals surface area contributed by atoms with Crippen LogP contribution in [0.4, 0.5) is 0 Å². The summed E-state index contributed by atoms with van der Waals surface area (Å²) in [6.45, 7) is 18.8. The van der Waals surface area contributed by atoms with E-state index in [0.29, 0.717) is 35.2 Å². The maximum atomic E-state index is 12.9. The first-order chi connectivity index (χ1) is 20.0. The van der Waals surface area contributed by atoms with Crippen LogP contribution >= 0.6 is 21.6 Å².